The lowest BCUT2D eigenvalue weighted by molar-refractivity contribution is -0.685. The molecule has 2 heterocycles. The Kier molecular flexibility index (Phi) is 1.25. The summed E-state index contributed by atoms with van der Waals surface area (Å²) in [5, 5.41) is 10.1. The van der Waals surface area contributed by atoms with Crippen LogP contribution in [0.4, 0.5) is 10.6 Å². The Morgan fingerprint density at radius 2 is 2.42 bits per heavy atom. The zero-order valence-corrected chi connectivity index (χ0v) is 6.43. The van der Waals surface area contributed by atoms with Gasteiger partial charge in [-0.3, -0.25) is 5.32 Å². The van der Waals surface area contributed by atoms with Crippen molar-refractivity contribution >= 4 is 17.7 Å². The molecular weight excluding hydrogens is 158 g/mol. The van der Waals surface area contributed by atoms with E-state index >= 15 is 0 Å². The Hall–Kier alpha value is -1.69. The molecule has 0 saturated heterocycles. The van der Waals surface area contributed by atoms with E-state index in [0.717, 1.165) is 0 Å². The number of carbonyl (C=O) groups excluding carboxylic acids is 1. The molecule has 4 N–H and O–H groups in total. The molecular formula is C6H8N5O+. The molecule has 0 aliphatic carbocycles. The largest absolute Gasteiger partial charge is 0.426 e. The fourth-order valence-corrected chi connectivity index (χ4v) is 1.08. The van der Waals surface area contributed by atoms with Crippen molar-refractivity contribution in [2.45, 2.75) is 0 Å². The standard InChI is InChI=1S/C6H7N5O/c1-11-4(7)3-5(9-2-8-3)10-6(11)12/h2,7H,1H3,(H,8,9)(H,10,12)/p+1. The number of carbonyl (C=O) groups is 1. The van der Waals surface area contributed by atoms with Crippen LogP contribution in [0.1, 0.15) is 5.69 Å². The van der Waals surface area contributed by atoms with Crippen LogP contribution < -0.4 is 10.2 Å². The molecule has 1 aromatic heterocycles. The van der Waals surface area contributed by atoms with Crippen molar-refractivity contribution in [3.63, 3.8) is 0 Å². The maximum atomic E-state index is 11.1. The summed E-state index contributed by atoms with van der Waals surface area (Å²) in [4.78, 5) is 18.2. The van der Waals surface area contributed by atoms with Crippen molar-refractivity contribution in [1.29, 1.82) is 5.41 Å². The number of anilines is 1. The third-order valence-electron chi connectivity index (χ3n) is 1.84. The molecule has 2 amide bonds. The average Bonchev–Trinajstić information content (AvgIpc) is 2.48. The minimum Gasteiger partial charge on any atom is -0.337 e. The molecule has 0 saturated carbocycles. The van der Waals surface area contributed by atoms with Crippen LogP contribution in [0.3, 0.4) is 0 Å². The second-order valence-corrected chi connectivity index (χ2v) is 2.58. The van der Waals surface area contributed by atoms with E-state index in [2.05, 4.69) is 15.3 Å². The lowest BCUT2D eigenvalue weighted by Gasteiger charge is -2.16. The van der Waals surface area contributed by atoms with Crippen LogP contribution in [0.25, 0.3) is 0 Å². The van der Waals surface area contributed by atoms with E-state index in [1.807, 2.05) is 0 Å². The smallest absolute Gasteiger partial charge is 0.337 e. The van der Waals surface area contributed by atoms with Gasteiger partial charge in [0.15, 0.2) is 11.5 Å². The molecule has 6 heteroatoms. The first-order valence-electron chi connectivity index (χ1n) is 3.47. The first-order valence-corrected chi connectivity index (χ1v) is 3.47. The highest BCUT2D eigenvalue weighted by molar-refractivity contribution is 6.05. The number of urea groups is 1. The number of nitrogens with zero attached hydrogens (tertiary/aromatic N) is 1. The summed E-state index contributed by atoms with van der Waals surface area (Å²) in [6.07, 6.45) is 1.46. The van der Waals surface area contributed by atoms with Gasteiger partial charge in [-0.05, 0) is 0 Å². The zero-order chi connectivity index (χ0) is 8.72. The minimum absolute atomic E-state index is 0.214. The topological polar surface area (TPSA) is 86.1 Å². The Morgan fingerprint density at radius 3 is 3.17 bits per heavy atom. The van der Waals surface area contributed by atoms with Crippen LogP contribution in [-0.4, -0.2) is 28.9 Å². The van der Waals surface area contributed by atoms with Gasteiger partial charge in [-0.25, -0.2) is 20.1 Å². The maximum absolute atomic E-state index is 11.1. The molecule has 6 nitrogen and oxygen atoms in total. The molecule has 0 aromatic carbocycles. The predicted octanol–water partition coefficient (Wildman–Crippen LogP) is -1.20. The SMILES string of the molecule is C[NH+]1C(=N)c2[nH]cnc2NC1=O. The Balaban J connectivity index is 2.53. The summed E-state index contributed by atoms with van der Waals surface area (Å²) >= 11 is 0. The quantitative estimate of drug-likeness (QED) is 0.390. The second kappa shape index (κ2) is 2.15. The van der Waals surface area contributed by atoms with E-state index in [1.54, 1.807) is 7.05 Å². The van der Waals surface area contributed by atoms with Gasteiger partial charge in [0.05, 0.1) is 13.4 Å². The van der Waals surface area contributed by atoms with Crippen LogP contribution in [0.2, 0.25) is 0 Å². The second-order valence-electron chi connectivity index (χ2n) is 2.58. The number of hydrogen-bond acceptors (Lipinski definition) is 3. The van der Waals surface area contributed by atoms with Crippen LogP contribution >= 0.6 is 0 Å². The fourth-order valence-electron chi connectivity index (χ4n) is 1.08. The van der Waals surface area contributed by atoms with E-state index in [9.17, 15) is 4.79 Å². The Bertz CT molecular complexity index is 355. The van der Waals surface area contributed by atoms with Gasteiger partial charge in [0.2, 0.25) is 0 Å². The van der Waals surface area contributed by atoms with Crippen LogP contribution in [0.15, 0.2) is 6.33 Å². The number of aromatic amines is 1. The van der Waals surface area contributed by atoms with Gasteiger partial charge < -0.3 is 4.98 Å². The van der Waals surface area contributed by atoms with Gasteiger partial charge in [-0.2, -0.15) is 0 Å². The van der Waals surface area contributed by atoms with E-state index in [4.69, 9.17) is 5.41 Å². The molecule has 2 rings (SSSR count). The molecule has 1 unspecified atom stereocenters. The number of rotatable bonds is 0. The summed E-state index contributed by atoms with van der Waals surface area (Å²) in [5.74, 6) is 0.654. The number of nitrogens with one attached hydrogen (secondary N) is 4. The summed E-state index contributed by atoms with van der Waals surface area (Å²) in [6.45, 7) is 0. The molecule has 1 aliphatic heterocycles. The number of aromatic nitrogens is 2. The normalized spacial score (nSPS) is 21.9. The summed E-state index contributed by atoms with van der Waals surface area (Å²) in [7, 11) is 1.61. The van der Waals surface area contributed by atoms with Crippen molar-refractivity contribution in [2.75, 3.05) is 12.4 Å². The highest BCUT2D eigenvalue weighted by atomic mass is 16.2. The molecule has 12 heavy (non-hydrogen) atoms. The number of imidazole rings is 1. The first kappa shape index (κ1) is 6.99. The van der Waals surface area contributed by atoms with E-state index in [-0.39, 0.29) is 11.9 Å². The monoisotopic (exact) mass is 166 g/mol. The molecule has 0 radical (unpaired) electrons. The van der Waals surface area contributed by atoms with Crippen molar-refractivity contribution < 1.29 is 9.69 Å². The number of hydrogen-bond donors (Lipinski definition) is 4. The molecule has 1 atom stereocenters. The molecule has 0 bridgehead atoms. The number of amides is 2. The summed E-state index contributed by atoms with van der Waals surface area (Å²) in [6, 6.07) is -0.250. The minimum atomic E-state index is -0.250. The molecule has 0 spiro atoms. The highest BCUT2D eigenvalue weighted by Crippen LogP contribution is 2.09. The third kappa shape index (κ3) is 0.751. The van der Waals surface area contributed by atoms with Crippen LogP contribution in [-0.2, 0) is 0 Å². The van der Waals surface area contributed by atoms with Crippen LogP contribution in [0, 0.1) is 5.41 Å². The van der Waals surface area contributed by atoms with E-state index in [1.165, 1.54) is 6.33 Å². The summed E-state index contributed by atoms with van der Waals surface area (Å²) in [5.41, 5.74) is 0.576. The van der Waals surface area contributed by atoms with Crippen molar-refractivity contribution in [1.82, 2.24) is 9.97 Å². The number of quaternary nitrogens is 1. The number of H-pyrrole nitrogens is 1. The maximum Gasteiger partial charge on any atom is 0.426 e. The van der Waals surface area contributed by atoms with E-state index < -0.39 is 0 Å². The third-order valence-corrected chi connectivity index (χ3v) is 1.84. The van der Waals surface area contributed by atoms with Gasteiger partial charge in [0.25, 0.3) is 5.84 Å². The fraction of sp³-hybridized carbons (Fsp3) is 0.167. The first-order chi connectivity index (χ1) is 5.70. The van der Waals surface area contributed by atoms with Crippen molar-refractivity contribution in [3.05, 3.63) is 12.0 Å². The molecule has 0 fully saturated rings. The Labute approximate surface area is 68.1 Å². The lowest BCUT2D eigenvalue weighted by Crippen LogP contribution is -3.16. The molecule has 62 valence electrons. The predicted molar refractivity (Wildman–Crippen MR) is 41.3 cm³/mol. The number of fused-ring (bicyclic) bond motifs is 1. The average molecular weight is 166 g/mol. The van der Waals surface area contributed by atoms with Gasteiger partial charge in [0.1, 0.15) is 0 Å². The van der Waals surface area contributed by atoms with Crippen molar-refractivity contribution in [3.8, 4) is 0 Å². The van der Waals surface area contributed by atoms with Gasteiger partial charge in [-0.1, -0.05) is 0 Å². The number of amidine groups is 1. The van der Waals surface area contributed by atoms with Gasteiger partial charge in [0, 0.05) is 0 Å². The summed E-state index contributed by atoms with van der Waals surface area (Å²) < 4.78 is 0. The van der Waals surface area contributed by atoms with Crippen molar-refractivity contribution in [2.24, 2.45) is 0 Å². The van der Waals surface area contributed by atoms with E-state index in [0.29, 0.717) is 16.4 Å². The van der Waals surface area contributed by atoms with Crippen LogP contribution in [0.5, 0.6) is 0 Å². The molecule has 1 aromatic rings. The van der Waals surface area contributed by atoms with Gasteiger partial charge >= 0.3 is 6.03 Å². The van der Waals surface area contributed by atoms with Gasteiger partial charge in [-0.15, -0.1) is 0 Å². The molecule has 1 aliphatic rings. The highest BCUT2D eigenvalue weighted by Gasteiger charge is 2.32. The Morgan fingerprint density at radius 1 is 1.67 bits per heavy atom. The zero-order valence-electron chi connectivity index (χ0n) is 6.43. The lowest BCUT2D eigenvalue weighted by atomic mass is 10.3.